The molecule has 1 amide bonds. The van der Waals surface area contributed by atoms with E-state index in [1.54, 1.807) is 0 Å². The number of carbonyl (C=O) groups is 1. The summed E-state index contributed by atoms with van der Waals surface area (Å²) in [4.78, 5) is 16.5. The maximum Gasteiger partial charge on any atom is 0.264 e. The van der Waals surface area contributed by atoms with E-state index in [1.165, 1.54) is 11.3 Å². The van der Waals surface area contributed by atoms with Crippen molar-refractivity contribution in [2.75, 3.05) is 11.9 Å². The lowest BCUT2D eigenvalue weighted by Gasteiger charge is -2.09. The average molecular weight is 417 g/mol. The number of hydrogen-bond acceptors (Lipinski definition) is 4. The van der Waals surface area contributed by atoms with Gasteiger partial charge < -0.3 is 4.74 Å². The largest absolute Gasteiger partial charge is 0.483 e. The number of rotatable bonds is 5. The summed E-state index contributed by atoms with van der Waals surface area (Å²) in [7, 11) is 0. The number of halogens is 1. The van der Waals surface area contributed by atoms with Crippen molar-refractivity contribution in [2.24, 2.45) is 0 Å². The number of nitrogens with zero attached hydrogens (tertiary/aromatic N) is 1. The Balaban J connectivity index is 1.59. The van der Waals surface area contributed by atoms with E-state index in [0.717, 1.165) is 32.6 Å². The number of carbonyl (C=O) groups excluding carboxylic acids is 1. The molecule has 6 heteroatoms. The van der Waals surface area contributed by atoms with Crippen molar-refractivity contribution in [2.45, 2.75) is 13.8 Å². The Morgan fingerprint density at radius 2 is 1.96 bits per heavy atom. The first kappa shape index (κ1) is 17.6. The van der Waals surface area contributed by atoms with E-state index >= 15 is 0 Å². The zero-order valence-electron chi connectivity index (χ0n) is 13.9. The highest BCUT2D eigenvalue weighted by Crippen LogP contribution is 2.26. The fraction of sp³-hybridized carbons (Fsp3) is 0.158. The Bertz CT molecular complexity index is 891. The molecule has 3 rings (SSSR count). The summed E-state index contributed by atoms with van der Waals surface area (Å²) in [5.74, 6) is 0.493. The molecule has 0 spiro atoms. The molecule has 4 nitrogen and oxygen atoms in total. The van der Waals surface area contributed by atoms with E-state index in [1.807, 2.05) is 61.7 Å². The minimum Gasteiger partial charge on any atom is -0.483 e. The van der Waals surface area contributed by atoms with E-state index in [0.29, 0.717) is 5.13 Å². The predicted octanol–water partition coefficient (Wildman–Crippen LogP) is 5.21. The third-order valence-electron chi connectivity index (χ3n) is 3.58. The number of thiazole rings is 1. The highest BCUT2D eigenvalue weighted by Gasteiger charge is 2.09. The van der Waals surface area contributed by atoms with Crippen LogP contribution >= 0.6 is 27.3 Å². The molecule has 0 bridgehead atoms. The zero-order valence-corrected chi connectivity index (χ0v) is 16.3. The van der Waals surface area contributed by atoms with E-state index in [2.05, 4.69) is 26.2 Å². The van der Waals surface area contributed by atoms with Crippen molar-refractivity contribution in [3.05, 3.63) is 63.4 Å². The summed E-state index contributed by atoms with van der Waals surface area (Å²) in [5, 5.41) is 5.26. The molecule has 1 N–H and O–H groups in total. The van der Waals surface area contributed by atoms with Gasteiger partial charge in [0.15, 0.2) is 11.7 Å². The fourth-order valence-electron chi connectivity index (χ4n) is 2.34. The van der Waals surface area contributed by atoms with Gasteiger partial charge in [0.25, 0.3) is 5.91 Å². The second-order valence-electron chi connectivity index (χ2n) is 5.65. The molecular formula is C19H17BrN2O2S. The van der Waals surface area contributed by atoms with Gasteiger partial charge in [0.1, 0.15) is 5.75 Å². The molecule has 1 heterocycles. The maximum atomic E-state index is 12.1. The molecule has 0 unspecified atom stereocenters. The quantitative estimate of drug-likeness (QED) is 0.620. The van der Waals surface area contributed by atoms with Gasteiger partial charge in [0, 0.05) is 15.4 Å². The summed E-state index contributed by atoms with van der Waals surface area (Å²) in [6, 6.07) is 13.8. The molecule has 0 saturated heterocycles. The van der Waals surface area contributed by atoms with Crippen LogP contribution in [-0.4, -0.2) is 17.5 Å². The number of amides is 1. The van der Waals surface area contributed by atoms with E-state index in [9.17, 15) is 4.79 Å². The molecule has 0 aliphatic carbocycles. The first-order chi connectivity index (χ1) is 12.0. The van der Waals surface area contributed by atoms with Gasteiger partial charge in [-0.2, -0.15) is 0 Å². The van der Waals surface area contributed by atoms with Gasteiger partial charge in [-0.05, 0) is 37.6 Å². The van der Waals surface area contributed by atoms with Crippen LogP contribution in [0.1, 0.15) is 11.1 Å². The van der Waals surface area contributed by atoms with Crippen LogP contribution in [0, 0.1) is 13.8 Å². The number of aryl methyl sites for hydroxylation is 2. The Hall–Kier alpha value is -2.18. The van der Waals surface area contributed by atoms with Crippen molar-refractivity contribution in [3.63, 3.8) is 0 Å². The molecule has 0 atom stereocenters. The van der Waals surface area contributed by atoms with Crippen LogP contribution in [0.4, 0.5) is 5.13 Å². The fourth-order valence-corrected chi connectivity index (χ4v) is 3.34. The smallest absolute Gasteiger partial charge is 0.264 e. The number of aromatic nitrogens is 1. The molecule has 25 heavy (non-hydrogen) atoms. The molecule has 2 aromatic carbocycles. The SMILES string of the molecule is Cc1ccc(OCC(=O)Nc2nc(-c3ccc(Br)cc3)cs2)c(C)c1. The lowest BCUT2D eigenvalue weighted by molar-refractivity contribution is -0.118. The van der Waals surface area contributed by atoms with E-state index in [4.69, 9.17) is 4.74 Å². The number of anilines is 1. The minimum absolute atomic E-state index is 0.0445. The summed E-state index contributed by atoms with van der Waals surface area (Å²) in [6.07, 6.45) is 0. The summed E-state index contributed by atoms with van der Waals surface area (Å²) in [6.45, 7) is 3.94. The Labute approximate surface area is 159 Å². The topological polar surface area (TPSA) is 51.2 Å². The normalized spacial score (nSPS) is 10.5. The molecular weight excluding hydrogens is 400 g/mol. The second-order valence-corrected chi connectivity index (χ2v) is 7.42. The molecule has 0 radical (unpaired) electrons. The summed E-state index contributed by atoms with van der Waals surface area (Å²) >= 11 is 4.81. The Morgan fingerprint density at radius 1 is 1.20 bits per heavy atom. The number of ether oxygens (including phenoxy) is 1. The maximum absolute atomic E-state index is 12.1. The minimum atomic E-state index is -0.225. The standard InChI is InChI=1S/C19H17BrN2O2S/c1-12-3-8-17(13(2)9-12)24-10-18(23)22-19-21-16(11-25-19)14-4-6-15(20)7-5-14/h3-9,11H,10H2,1-2H3,(H,21,22,23). The third-order valence-corrected chi connectivity index (χ3v) is 4.87. The van der Waals surface area contributed by atoms with Crippen molar-refractivity contribution in [1.29, 1.82) is 0 Å². The average Bonchev–Trinajstić information content (AvgIpc) is 3.03. The number of hydrogen-bond donors (Lipinski definition) is 1. The van der Waals surface area contributed by atoms with Crippen LogP contribution in [0.3, 0.4) is 0 Å². The molecule has 0 saturated carbocycles. The van der Waals surface area contributed by atoms with Crippen molar-refractivity contribution < 1.29 is 9.53 Å². The lowest BCUT2D eigenvalue weighted by Crippen LogP contribution is -2.20. The highest BCUT2D eigenvalue weighted by molar-refractivity contribution is 9.10. The first-order valence-corrected chi connectivity index (χ1v) is 9.40. The van der Waals surface area contributed by atoms with Crippen LogP contribution in [0.2, 0.25) is 0 Å². The van der Waals surface area contributed by atoms with Gasteiger partial charge in [0.05, 0.1) is 5.69 Å². The monoisotopic (exact) mass is 416 g/mol. The predicted molar refractivity (Wildman–Crippen MR) is 105 cm³/mol. The van der Waals surface area contributed by atoms with Gasteiger partial charge in [-0.15, -0.1) is 11.3 Å². The summed E-state index contributed by atoms with van der Waals surface area (Å²) in [5.41, 5.74) is 4.02. The van der Waals surface area contributed by atoms with Crippen LogP contribution in [0.25, 0.3) is 11.3 Å². The first-order valence-electron chi connectivity index (χ1n) is 7.72. The number of nitrogens with one attached hydrogen (secondary N) is 1. The molecule has 0 aliphatic rings. The Kier molecular flexibility index (Phi) is 5.50. The zero-order chi connectivity index (χ0) is 17.8. The third kappa shape index (κ3) is 4.67. The van der Waals surface area contributed by atoms with Crippen molar-refractivity contribution in [3.8, 4) is 17.0 Å². The van der Waals surface area contributed by atoms with Crippen LogP contribution in [-0.2, 0) is 4.79 Å². The van der Waals surface area contributed by atoms with Gasteiger partial charge in [-0.3, -0.25) is 10.1 Å². The van der Waals surface area contributed by atoms with Crippen molar-refractivity contribution >= 4 is 38.3 Å². The Morgan fingerprint density at radius 3 is 2.68 bits per heavy atom. The van der Waals surface area contributed by atoms with Gasteiger partial charge >= 0.3 is 0 Å². The van der Waals surface area contributed by atoms with Gasteiger partial charge in [0.2, 0.25) is 0 Å². The molecule has 3 aromatic rings. The van der Waals surface area contributed by atoms with Crippen LogP contribution in [0.5, 0.6) is 5.75 Å². The molecule has 0 fully saturated rings. The van der Waals surface area contributed by atoms with Gasteiger partial charge in [-0.1, -0.05) is 45.8 Å². The van der Waals surface area contributed by atoms with E-state index < -0.39 is 0 Å². The van der Waals surface area contributed by atoms with E-state index in [-0.39, 0.29) is 12.5 Å². The summed E-state index contributed by atoms with van der Waals surface area (Å²) < 4.78 is 6.61. The molecule has 128 valence electrons. The molecule has 1 aromatic heterocycles. The van der Waals surface area contributed by atoms with Crippen LogP contribution in [0.15, 0.2) is 52.3 Å². The highest BCUT2D eigenvalue weighted by atomic mass is 79.9. The molecule has 0 aliphatic heterocycles. The second kappa shape index (κ2) is 7.80. The van der Waals surface area contributed by atoms with Gasteiger partial charge in [-0.25, -0.2) is 4.98 Å². The lowest BCUT2D eigenvalue weighted by atomic mass is 10.1. The van der Waals surface area contributed by atoms with Crippen LogP contribution < -0.4 is 10.1 Å². The number of benzene rings is 2. The van der Waals surface area contributed by atoms with Crippen molar-refractivity contribution in [1.82, 2.24) is 4.98 Å².